The van der Waals surface area contributed by atoms with Gasteiger partial charge in [0.05, 0.1) is 11.9 Å². The van der Waals surface area contributed by atoms with Crippen molar-refractivity contribution in [2.24, 2.45) is 0 Å². The summed E-state index contributed by atoms with van der Waals surface area (Å²) in [7, 11) is -3.35. The van der Waals surface area contributed by atoms with Crippen LogP contribution in [0.2, 0.25) is 0 Å². The maximum Gasteiger partial charge on any atom is 0.230 e. The molecule has 9 heteroatoms. The van der Waals surface area contributed by atoms with Gasteiger partial charge in [0.1, 0.15) is 0 Å². The molecule has 26 heavy (non-hydrogen) atoms. The first-order chi connectivity index (χ1) is 12.0. The van der Waals surface area contributed by atoms with E-state index in [1.54, 1.807) is 24.3 Å². The predicted octanol–water partition coefficient (Wildman–Crippen LogP) is 2.53. The van der Waals surface area contributed by atoms with Gasteiger partial charge in [-0.15, -0.1) is 9.73 Å². The van der Waals surface area contributed by atoms with Crippen molar-refractivity contribution >= 4 is 27.3 Å². The van der Waals surface area contributed by atoms with Crippen molar-refractivity contribution in [3.63, 3.8) is 0 Å². The second kappa shape index (κ2) is 5.94. The molecule has 138 valence electrons. The Balaban J connectivity index is 2.09. The number of anilines is 1. The van der Waals surface area contributed by atoms with Crippen molar-refractivity contribution < 1.29 is 13.2 Å². The molecule has 0 aliphatic carbocycles. The highest BCUT2D eigenvalue weighted by atomic mass is 32.2. The molecule has 2 aromatic heterocycles. The molecule has 0 bridgehead atoms. The number of fused-ring (bicyclic) bond motifs is 1. The average Bonchev–Trinajstić information content (AvgIpc) is 3.02. The Hall–Kier alpha value is -2.68. The van der Waals surface area contributed by atoms with Gasteiger partial charge in [0.25, 0.3) is 0 Å². The molecule has 0 fully saturated rings. The molecule has 0 saturated carbocycles. The van der Waals surface area contributed by atoms with Gasteiger partial charge in [-0.3, -0.25) is 9.52 Å². The van der Waals surface area contributed by atoms with Gasteiger partial charge in [0.2, 0.25) is 15.9 Å². The number of nitrogens with one attached hydrogen (secondary N) is 1. The smallest absolute Gasteiger partial charge is 0.230 e. The SMILES string of the molecule is CC(=O)n1c(-c2ccc(NS(C)(=O)=O)cc2)nn2nc(C(C)(C)C)cc12. The molecule has 0 aliphatic heterocycles. The van der Waals surface area contributed by atoms with E-state index in [0.29, 0.717) is 22.7 Å². The zero-order valence-corrected chi connectivity index (χ0v) is 16.1. The lowest BCUT2D eigenvalue weighted by molar-refractivity contribution is 0.0942. The number of hydrogen-bond donors (Lipinski definition) is 1. The molecular formula is C17H21N5O3S. The molecule has 3 aromatic rings. The van der Waals surface area contributed by atoms with Gasteiger partial charge in [-0.1, -0.05) is 20.8 Å². The van der Waals surface area contributed by atoms with E-state index in [1.807, 2.05) is 26.8 Å². The summed E-state index contributed by atoms with van der Waals surface area (Å²) in [6, 6.07) is 8.52. The van der Waals surface area contributed by atoms with Crippen LogP contribution in [0.3, 0.4) is 0 Å². The zero-order valence-electron chi connectivity index (χ0n) is 15.3. The van der Waals surface area contributed by atoms with Crippen LogP contribution in [-0.4, -0.2) is 40.0 Å². The Morgan fingerprint density at radius 1 is 1.12 bits per heavy atom. The highest BCUT2D eigenvalue weighted by Crippen LogP contribution is 2.26. The highest BCUT2D eigenvalue weighted by molar-refractivity contribution is 7.92. The van der Waals surface area contributed by atoms with Crippen LogP contribution in [-0.2, 0) is 15.4 Å². The minimum absolute atomic E-state index is 0.158. The Kier molecular flexibility index (Phi) is 4.14. The quantitative estimate of drug-likeness (QED) is 0.758. The van der Waals surface area contributed by atoms with Crippen LogP contribution in [0.4, 0.5) is 5.69 Å². The lowest BCUT2D eigenvalue weighted by Gasteiger charge is -2.13. The molecule has 0 radical (unpaired) electrons. The topological polar surface area (TPSA) is 98.4 Å². The van der Waals surface area contributed by atoms with E-state index in [9.17, 15) is 13.2 Å². The molecule has 0 saturated heterocycles. The van der Waals surface area contributed by atoms with Gasteiger partial charge in [-0.05, 0) is 24.3 Å². The minimum Gasteiger partial charge on any atom is -0.284 e. The minimum atomic E-state index is -3.35. The maximum atomic E-state index is 12.2. The fourth-order valence-corrected chi connectivity index (χ4v) is 3.16. The van der Waals surface area contributed by atoms with Crippen molar-refractivity contribution in [1.29, 1.82) is 0 Å². The Labute approximate surface area is 151 Å². The summed E-state index contributed by atoms with van der Waals surface area (Å²) in [5.41, 5.74) is 2.40. The van der Waals surface area contributed by atoms with Crippen molar-refractivity contribution in [3.8, 4) is 11.4 Å². The van der Waals surface area contributed by atoms with Gasteiger partial charge >= 0.3 is 0 Å². The van der Waals surface area contributed by atoms with Crippen molar-refractivity contribution in [1.82, 2.24) is 19.4 Å². The standard InChI is InChI=1S/C17H21N5O3S/c1-11(23)21-15-10-14(17(2,3)4)18-22(15)19-16(21)12-6-8-13(9-7-12)20-26(5,24)25/h6-10,20H,1-5H3. The summed E-state index contributed by atoms with van der Waals surface area (Å²) in [6.45, 7) is 7.60. The third-order valence-corrected chi connectivity index (χ3v) is 4.44. The number of carbonyl (C=O) groups excluding carboxylic acids is 1. The predicted molar refractivity (Wildman–Crippen MR) is 99.9 cm³/mol. The van der Waals surface area contributed by atoms with Crippen LogP contribution in [0.15, 0.2) is 30.3 Å². The molecule has 0 atom stereocenters. The highest BCUT2D eigenvalue weighted by Gasteiger charge is 2.23. The lowest BCUT2D eigenvalue weighted by Crippen LogP contribution is -2.12. The molecule has 3 rings (SSSR count). The maximum absolute atomic E-state index is 12.2. The summed E-state index contributed by atoms with van der Waals surface area (Å²) in [5, 5.41) is 8.93. The summed E-state index contributed by atoms with van der Waals surface area (Å²) in [5.74, 6) is 0.271. The van der Waals surface area contributed by atoms with Gasteiger partial charge in [0.15, 0.2) is 11.5 Å². The summed E-state index contributed by atoms with van der Waals surface area (Å²) in [6.07, 6.45) is 1.09. The molecule has 0 amide bonds. The zero-order chi connectivity index (χ0) is 19.3. The molecule has 0 spiro atoms. The second-order valence-electron chi connectivity index (χ2n) is 7.26. The van der Waals surface area contributed by atoms with Crippen LogP contribution in [0.5, 0.6) is 0 Å². The lowest BCUT2D eigenvalue weighted by atomic mass is 9.93. The molecule has 8 nitrogen and oxygen atoms in total. The van der Waals surface area contributed by atoms with E-state index < -0.39 is 10.0 Å². The van der Waals surface area contributed by atoms with E-state index in [0.717, 1.165) is 11.9 Å². The summed E-state index contributed by atoms with van der Waals surface area (Å²) >= 11 is 0. The number of sulfonamides is 1. The van der Waals surface area contributed by atoms with E-state index in [-0.39, 0.29) is 11.3 Å². The first-order valence-corrected chi connectivity index (χ1v) is 9.93. The summed E-state index contributed by atoms with van der Waals surface area (Å²) in [4.78, 5) is 12.2. The van der Waals surface area contributed by atoms with Gasteiger partial charge < -0.3 is 0 Å². The molecule has 1 aromatic carbocycles. The van der Waals surface area contributed by atoms with E-state index in [4.69, 9.17) is 0 Å². The van der Waals surface area contributed by atoms with Crippen molar-refractivity contribution in [2.75, 3.05) is 11.0 Å². The number of benzene rings is 1. The Morgan fingerprint density at radius 2 is 1.73 bits per heavy atom. The molecule has 0 unspecified atom stereocenters. The first kappa shape index (κ1) is 18.1. The van der Waals surface area contributed by atoms with E-state index in [1.165, 1.54) is 16.1 Å². The Morgan fingerprint density at radius 3 is 2.23 bits per heavy atom. The normalized spacial score (nSPS) is 12.5. The second-order valence-corrected chi connectivity index (χ2v) is 9.01. The fraction of sp³-hybridized carbons (Fsp3) is 0.353. The summed E-state index contributed by atoms with van der Waals surface area (Å²) < 4.78 is 28.0. The van der Waals surface area contributed by atoms with Crippen LogP contribution < -0.4 is 4.72 Å². The van der Waals surface area contributed by atoms with Crippen LogP contribution >= 0.6 is 0 Å². The van der Waals surface area contributed by atoms with E-state index >= 15 is 0 Å². The largest absolute Gasteiger partial charge is 0.284 e. The average molecular weight is 375 g/mol. The van der Waals surface area contributed by atoms with Crippen LogP contribution in [0.1, 0.15) is 38.2 Å². The third-order valence-electron chi connectivity index (χ3n) is 3.83. The molecule has 0 aliphatic rings. The first-order valence-electron chi connectivity index (χ1n) is 8.04. The van der Waals surface area contributed by atoms with E-state index in [2.05, 4.69) is 14.9 Å². The number of aromatic nitrogens is 4. The third kappa shape index (κ3) is 3.48. The molecule has 2 heterocycles. The molecule has 1 N–H and O–H groups in total. The fourth-order valence-electron chi connectivity index (χ4n) is 2.60. The van der Waals surface area contributed by atoms with Gasteiger partial charge in [-0.25, -0.2) is 13.0 Å². The van der Waals surface area contributed by atoms with Crippen molar-refractivity contribution in [2.45, 2.75) is 33.1 Å². The monoisotopic (exact) mass is 375 g/mol. The molecular weight excluding hydrogens is 354 g/mol. The number of carbonyl (C=O) groups is 1. The number of rotatable bonds is 3. The van der Waals surface area contributed by atoms with Crippen LogP contribution in [0, 0.1) is 0 Å². The van der Waals surface area contributed by atoms with Gasteiger partial charge in [-0.2, -0.15) is 5.10 Å². The van der Waals surface area contributed by atoms with Crippen molar-refractivity contribution in [3.05, 3.63) is 36.0 Å². The van der Waals surface area contributed by atoms with Crippen LogP contribution in [0.25, 0.3) is 17.0 Å². The number of hydrogen-bond acceptors (Lipinski definition) is 5. The Bertz CT molecular complexity index is 1090. The van der Waals surface area contributed by atoms with Gasteiger partial charge in [0, 0.05) is 29.7 Å². The number of nitrogens with zero attached hydrogens (tertiary/aromatic N) is 4.